The summed E-state index contributed by atoms with van der Waals surface area (Å²) in [4.78, 5) is 15.3. The molecule has 1 aromatic heterocycles. The fourth-order valence-electron chi connectivity index (χ4n) is 1.08. The van der Waals surface area contributed by atoms with Gasteiger partial charge in [0.2, 0.25) is 0 Å². The summed E-state index contributed by atoms with van der Waals surface area (Å²) in [6.45, 7) is 4.38. The second kappa shape index (κ2) is 5.82. The number of carbonyl (C=O) groups excluding carboxylic acids is 1. The van der Waals surface area contributed by atoms with Crippen LogP contribution >= 0.6 is 11.3 Å². The highest BCUT2D eigenvalue weighted by atomic mass is 32.1. The minimum absolute atomic E-state index is 0.174. The molecule has 2 N–H and O–H groups in total. The van der Waals surface area contributed by atoms with Crippen LogP contribution in [0.5, 0.6) is 0 Å². The van der Waals surface area contributed by atoms with Gasteiger partial charge >= 0.3 is 0 Å². The topological polar surface area (TPSA) is 62.2 Å². The number of aliphatic hydroxyl groups excluding tert-OH is 1. The third kappa shape index (κ3) is 3.97. The number of nitrogens with one attached hydrogen (secondary N) is 1. The lowest BCUT2D eigenvalue weighted by Crippen LogP contribution is -2.28. The third-order valence-corrected chi connectivity index (χ3v) is 2.75. The average molecular weight is 228 g/mol. The Labute approximate surface area is 93.4 Å². The molecule has 1 aromatic rings. The number of rotatable bonds is 5. The summed E-state index contributed by atoms with van der Waals surface area (Å²) in [6.07, 6.45) is 0.216. The van der Waals surface area contributed by atoms with Gasteiger partial charge in [0.15, 0.2) is 0 Å². The highest BCUT2D eigenvalue weighted by Crippen LogP contribution is 2.05. The minimum Gasteiger partial charge on any atom is -0.393 e. The van der Waals surface area contributed by atoms with Gasteiger partial charge in [0.25, 0.3) is 5.91 Å². The standard InChI is InChI=1S/C10H16N2O2S/c1-7(2)9(13)3-4-11-10(14)8-5-15-6-12-8/h5-7,9,13H,3-4H2,1-2H3,(H,11,14). The van der Waals surface area contributed by atoms with Crippen LogP contribution in [0.3, 0.4) is 0 Å². The largest absolute Gasteiger partial charge is 0.393 e. The summed E-state index contributed by atoms with van der Waals surface area (Å²) in [5.41, 5.74) is 2.07. The molecule has 0 aliphatic carbocycles. The van der Waals surface area contributed by atoms with E-state index in [0.29, 0.717) is 18.7 Å². The molecule has 0 bridgehead atoms. The SMILES string of the molecule is CC(C)C(O)CCNC(=O)c1cscn1. The van der Waals surface area contributed by atoms with E-state index < -0.39 is 0 Å². The highest BCUT2D eigenvalue weighted by Gasteiger charge is 2.10. The van der Waals surface area contributed by atoms with Crippen molar-refractivity contribution in [3.63, 3.8) is 0 Å². The number of aliphatic hydroxyl groups is 1. The Balaban J connectivity index is 2.24. The highest BCUT2D eigenvalue weighted by molar-refractivity contribution is 7.07. The van der Waals surface area contributed by atoms with Crippen LogP contribution < -0.4 is 5.32 Å². The Morgan fingerprint density at radius 1 is 1.67 bits per heavy atom. The van der Waals surface area contributed by atoms with Gasteiger partial charge in [0, 0.05) is 11.9 Å². The van der Waals surface area contributed by atoms with Crippen molar-refractivity contribution in [3.8, 4) is 0 Å². The lowest BCUT2D eigenvalue weighted by atomic mass is 10.0. The lowest BCUT2D eigenvalue weighted by Gasteiger charge is -2.13. The van der Waals surface area contributed by atoms with E-state index in [2.05, 4.69) is 10.3 Å². The van der Waals surface area contributed by atoms with Gasteiger partial charge in [-0.1, -0.05) is 13.8 Å². The van der Waals surface area contributed by atoms with Crippen molar-refractivity contribution in [2.24, 2.45) is 5.92 Å². The van der Waals surface area contributed by atoms with Gasteiger partial charge in [-0.3, -0.25) is 4.79 Å². The molecule has 1 unspecified atom stereocenters. The molecule has 0 fully saturated rings. The second-order valence-electron chi connectivity index (χ2n) is 3.73. The van der Waals surface area contributed by atoms with Crippen LogP contribution in [0.1, 0.15) is 30.8 Å². The van der Waals surface area contributed by atoms with Crippen molar-refractivity contribution in [2.75, 3.05) is 6.54 Å². The number of aromatic nitrogens is 1. The predicted octanol–water partition coefficient (Wildman–Crippen LogP) is 1.28. The van der Waals surface area contributed by atoms with Gasteiger partial charge < -0.3 is 10.4 Å². The zero-order valence-corrected chi connectivity index (χ0v) is 9.75. The molecule has 15 heavy (non-hydrogen) atoms. The fraction of sp³-hybridized carbons (Fsp3) is 0.600. The Hall–Kier alpha value is -0.940. The van der Waals surface area contributed by atoms with E-state index in [1.54, 1.807) is 10.9 Å². The van der Waals surface area contributed by atoms with E-state index in [-0.39, 0.29) is 17.9 Å². The summed E-state index contributed by atoms with van der Waals surface area (Å²) in [5, 5.41) is 13.9. The first-order valence-electron chi connectivity index (χ1n) is 4.95. The minimum atomic E-state index is -0.360. The molecule has 5 heteroatoms. The van der Waals surface area contributed by atoms with Crippen molar-refractivity contribution in [3.05, 3.63) is 16.6 Å². The number of nitrogens with zero attached hydrogens (tertiary/aromatic N) is 1. The van der Waals surface area contributed by atoms with E-state index in [1.807, 2.05) is 13.8 Å². The van der Waals surface area contributed by atoms with Crippen LogP contribution in [0.2, 0.25) is 0 Å². The molecule has 4 nitrogen and oxygen atoms in total. The first-order valence-corrected chi connectivity index (χ1v) is 5.90. The maximum atomic E-state index is 11.4. The summed E-state index contributed by atoms with van der Waals surface area (Å²) in [7, 11) is 0. The van der Waals surface area contributed by atoms with Crippen molar-refractivity contribution >= 4 is 17.2 Å². The molecule has 0 aliphatic heterocycles. The quantitative estimate of drug-likeness (QED) is 0.798. The first kappa shape index (κ1) is 12.1. The second-order valence-corrected chi connectivity index (χ2v) is 4.45. The molecule has 1 rings (SSSR count). The van der Waals surface area contributed by atoms with Gasteiger partial charge in [-0.15, -0.1) is 11.3 Å². The Morgan fingerprint density at radius 3 is 2.93 bits per heavy atom. The number of hydrogen-bond acceptors (Lipinski definition) is 4. The van der Waals surface area contributed by atoms with E-state index in [9.17, 15) is 9.90 Å². The first-order chi connectivity index (χ1) is 7.11. The monoisotopic (exact) mass is 228 g/mol. The fourth-order valence-corrected chi connectivity index (χ4v) is 1.61. The van der Waals surface area contributed by atoms with Crippen molar-refractivity contribution < 1.29 is 9.90 Å². The summed E-state index contributed by atoms with van der Waals surface area (Å²) in [5.74, 6) is 0.0494. The van der Waals surface area contributed by atoms with E-state index >= 15 is 0 Å². The van der Waals surface area contributed by atoms with Crippen LogP contribution in [0.25, 0.3) is 0 Å². The number of hydrogen-bond donors (Lipinski definition) is 2. The smallest absolute Gasteiger partial charge is 0.270 e. The number of carbonyl (C=O) groups is 1. The lowest BCUT2D eigenvalue weighted by molar-refractivity contribution is 0.0916. The molecular formula is C10H16N2O2S. The van der Waals surface area contributed by atoms with Gasteiger partial charge in [0.05, 0.1) is 11.6 Å². The maximum Gasteiger partial charge on any atom is 0.270 e. The summed E-state index contributed by atoms with van der Waals surface area (Å²) in [6, 6.07) is 0. The van der Waals surface area contributed by atoms with Crippen molar-refractivity contribution in [1.82, 2.24) is 10.3 Å². The molecule has 0 saturated carbocycles. The Kier molecular flexibility index (Phi) is 4.71. The van der Waals surface area contributed by atoms with Gasteiger partial charge in [-0.05, 0) is 12.3 Å². The normalized spacial score (nSPS) is 12.8. The molecule has 1 atom stereocenters. The van der Waals surface area contributed by atoms with Crippen LogP contribution in [0.4, 0.5) is 0 Å². The van der Waals surface area contributed by atoms with E-state index in [0.717, 1.165) is 0 Å². The zero-order valence-electron chi connectivity index (χ0n) is 8.93. The van der Waals surface area contributed by atoms with Crippen molar-refractivity contribution in [1.29, 1.82) is 0 Å². The van der Waals surface area contributed by atoms with Gasteiger partial charge in [-0.2, -0.15) is 0 Å². The predicted molar refractivity (Wildman–Crippen MR) is 59.9 cm³/mol. The molecule has 0 aromatic carbocycles. The molecule has 1 heterocycles. The molecule has 84 valence electrons. The summed E-state index contributed by atoms with van der Waals surface area (Å²) < 4.78 is 0. The molecule has 0 spiro atoms. The third-order valence-electron chi connectivity index (χ3n) is 2.16. The summed E-state index contributed by atoms with van der Waals surface area (Å²) >= 11 is 1.39. The van der Waals surface area contributed by atoms with Crippen molar-refractivity contribution in [2.45, 2.75) is 26.4 Å². The number of thiazole rings is 1. The van der Waals surface area contributed by atoms with Crippen LogP contribution in [-0.2, 0) is 0 Å². The molecule has 1 amide bonds. The van der Waals surface area contributed by atoms with E-state index in [1.165, 1.54) is 11.3 Å². The Bertz CT molecular complexity index is 298. The van der Waals surface area contributed by atoms with Gasteiger partial charge in [-0.25, -0.2) is 4.98 Å². The number of amides is 1. The van der Waals surface area contributed by atoms with Crippen LogP contribution in [0.15, 0.2) is 10.9 Å². The average Bonchev–Trinajstić information content (AvgIpc) is 2.70. The Morgan fingerprint density at radius 2 is 2.40 bits per heavy atom. The van der Waals surface area contributed by atoms with E-state index in [4.69, 9.17) is 0 Å². The maximum absolute atomic E-state index is 11.4. The van der Waals surface area contributed by atoms with Crippen LogP contribution in [0, 0.1) is 5.92 Å². The molecule has 0 aliphatic rings. The molecular weight excluding hydrogens is 212 g/mol. The van der Waals surface area contributed by atoms with Crippen LogP contribution in [-0.4, -0.2) is 28.6 Å². The zero-order chi connectivity index (χ0) is 11.3. The molecule has 0 saturated heterocycles. The van der Waals surface area contributed by atoms with Gasteiger partial charge in [0.1, 0.15) is 5.69 Å². The molecule has 0 radical (unpaired) electrons.